The molecule has 1 heterocycles. The molecule has 29 heavy (non-hydrogen) atoms. The van der Waals surface area contributed by atoms with Gasteiger partial charge >= 0.3 is 0 Å². The quantitative estimate of drug-likeness (QED) is 0.477. The third-order valence-corrected chi connectivity index (χ3v) is 11.9. The second-order valence-electron chi connectivity index (χ2n) is 11.3. The number of benzene rings is 1. The van der Waals surface area contributed by atoms with Crippen molar-refractivity contribution in [3.05, 3.63) is 35.7 Å². The summed E-state index contributed by atoms with van der Waals surface area (Å²) in [6.45, 7) is 12.4. The minimum absolute atomic E-state index is 0.201. The van der Waals surface area contributed by atoms with Crippen molar-refractivity contribution >= 4 is 18.9 Å². The molecule has 158 valence electrons. The van der Waals surface area contributed by atoms with Gasteiger partial charge in [0.15, 0.2) is 0 Å². The second kappa shape index (κ2) is 7.71. The van der Waals surface area contributed by atoms with Gasteiger partial charge in [-0.25, -0.2) is 0 Å². The smallest absolute Gasteiger partial charge is 0.0447 e. The monoisotopic (exact) mass is 409 g/mol. The topological polar surface area (TPSA) is 3.24 Å². The van der Waals surface area contributed by atoms with E-state index in [0.29, 0.717) is 5.16 Å². The van der Waals surface area contributed by atoms with Crippen molar-refractivity contribution in [3.8, 4) is 0 Å². The van der Waals surface area contributed by atoms with E-state index in [1.807, 2.05) is 5.31 Å². The number of fused-ring (bicyclic) bond motifs is 1. The molecule has 1 nitrogen and oxygen atoms in total. The summed E-state index contributed by atoms with van der Waals surface area (Å²) in [4.78, 5) is 2.77. The molecule has 0 bridgehead atoms. The van der Waals surface area contributed by atoms with Gasteiger partial charge in [0.1, 0.15) is 0 Å². The van der Waals surface area contributed by atoms with Gasteiger partial charge < -0.3 is 4.90 Å². The standard InChI is InChI=1S/C27H40NP/c1-19-9-10-24(15-19)29(27-12-11-23(27)14-20(2)16-27)26-8-6-5-7-25(26)28-17-21(3)13-22(4)18-28/h5-8,10,19-23H,9,11-18H2,1-4H3. The highest BCUT2D eigenvalue weighted by molar-refractivity contribution is 7.71. The summed E-state index contributed by atoms with van der Waals surface area (Å²) in [5.74, 6) is 4.39. The zero-order valence-electron chi connectivity index (χ0n) is 19.0. The first-order chi connectivity index (χ1) is 14.0. The average molecular weight is 410 g/mol. The Balaban J connectivity index is 1.57. The van der Waals surface area contributed by atoms with E-state index in [4.69, 9.17) is 0 Å². The molecule has 1 saturated heterocycles. The largest absolute Gasteiger partial charge is 0.370 e. The number of hydrogen-bond donors (Lipinski definition) is 0. The maximum Gasteiger partial charge on any atom is 0.0447 e. The van der Waals surface area contributed by atoms with E-state index < -0.39 is 0 Å². The summed E-state index contributed by atoms with van der Waals surface area (Å²) in [7, 11) is -0.201. The fourth-order valence-corrected chi connectivity index (χ4v) is 11.6. The second-order valence-corrected chi connectivity index (χ2v) is 13.9. The Morgan fingerprint density at radius 3 is 2.31 bits per heavy atom. The van der Waals surface area contributed by atoms with Gasteiger partial charge in [0, 0.05) is 29.2 Å². The molecule has 3 aliphatic carbocycles. The summed E-state index contributed by atoms with van der Waals surface area (Å²) in [5, 5.41) is 4.22. The molecule has 0 amide bonds. The van der Waals surface area contributed by atoms with Crippen molar-refractivity contribution in [1.82, 2.24) is 0 Å². The van der Waals surface area contributed by atoms with Crippen molar-refractivity contribution in [2.24, 2.45) is 29.6 Å². The maximum absolute atomic E-state index is 2.77. The van der Waals surface area contributed by atoms with Crippen LogP contribution in [0, 0.1) is 29.6 Å². The number of piperidine rings is 1. The molecule has 0 spiro atoms. The molecule has 2 saturated carbocycles. The van der Waals surface area contributed by atoms with E-state index >= 15 is 0 Å². The van der Waals surface area contributed by atoms with Crippen LogP contribution < -0.4 is 10.2 Å². The van der Waals surface area contributed by atoms with Gasteiger partial charge in [0.2, 0.25) is 0 Å². The first-order valence-electron chi connectivity index (χ1n) is 12.3. The van der Waals surface area contributed by atoms with Gasteiger partial charge in [-0.3, -0.25) is 0 Å². The van der Waals surface area contributed by atoms with Crippen LogP contribution in [0.25, 0.3) is 0 Å². The lowest BCUT2D eigenvalue weighted by atomic mass is 9.75. The van der Waals surface area contributed by atoms with Gasteiger partial charge in [-0.2, -0.15) is 0 Å². The molecule has 0 N–H and O–H groups in total. The predicted molar refractivity (Wildman–Crippen MR) is 128 cm³/mol. The van der Waals surface area contributed by atoms with E-state index in [-0.39, 0.29) is 7.92 Å². The highest BCUT2D eigenvalue weighted by Gasteiger charge is 2.58. The lowest BCUT2D eigenvalue weighted by Gasteiger charge is -2.52. The number of allylic oxidation sites excluding steroid dienone is 2. The number of para-hydroxylation sites is 1. The van der Waals surface area contributed by atoms with Crippen molar-refractivity contribution in [3.63, 3.8) is 0 Å². The van der Waals surface area contributed by atoms with E-state index in [0.717, 1.165) is 29.6 Å². The van der Waals surface area contributed by atoms with Crippen molar-refractivity contribution in [2.75, 3.05) is 18.0 Å². The molecular formula is C27H40NP. The third kappa shape index (κ3) is 3.50. The Morgan fingerprint density at radius 2 is 1.69 bits per heavy atom. The molecule has 1 aromatic carbocycles. The molecule has 1 aromatic rings. The molecule has 1 aliphatic heterocycles. The Bertz CT molecular complexity index is 774. The first kappa shape index (κ1) is 20.1. The minimum Gasteiger partial charge on any atom is -0.370 e. The molecule has 7 atom stereocenters. The predicted octanol–water partition coefficient (Wildman–Crippen LogP) is 7.17. The number of nitrogens with zero attached hydrogens (tertiary/aromatic N) is 1. The number of rotatable bonds is 4. The summed E-state index contributed by atoms with van der Waals surface area (Å²) in [6.07, 6.45) is 12.7. The van der Waals surface area contributed by atoms with Gasteiger partial charge in [0.25, 0.3) is 0 Å². The summed E-state index contributed by atoms with van der Waals surface area (Å²) in [5.41, 5.74) is 1.59. The Kier molecular flexibility index (Phi) is 5.35. The zero-order valence-corrected chi connectivity index (χ0v) is 19.9. The third-order valence-electron chi connectivity index (χ3n) is 8.45. The molecule has 4 aliphatic rings. The molecular weight excluding hydrogens is 369 g/mol. The number of anilines is 1. The Labute approximate surface area is 180 Å². The van der Waals surface area contributed by atoms with Crippen molar-refractivity contribution in [1.29, 1.82) is 0 Å². The fourth-order valence-electron chi connectivity index (χ4n) is 7.35. The minimum atomic E-state index is -0.201. The lowest BCUT2D eigenvalue weighted by Crippen LogP contribution is -2.45. The van der Waals surface area contributed by atoms with Crippen LogP contribution in [0.15, 0.2) is 35.7 Å². The van der Waals surface area contributed by atoms with Crippen LogP contribution >= 0.6 is 7.92 Å². The van der Waals surface area contributed by atoms with Crippen LogP contribution in [-0.2, 0) is 0 Å². The summed E-state index contributed by atoms with van der Waals surface area (Å²) < 4.78 is 0. The van der Waals surface area contributed by atoms with Crippen molar-refractivity contribution in [2.45, 2.75) is 77.8 Å². The van der Waals surface area contributed by atoms with Crippen LogP contribution in [0.4, 0.5) is 5.69 Å². The highest BCUT2D eigenvalue weighted by atomic mass is 31.1. The van der Waals surface area contributed by atoms with Crippen molar-refractivity contribution < 1.29 is 0 Å². The Hall–Kier alpha value is -0.810. The van der Waals surface area contributed by atoms with Crippen LogP contribution in [0.5, 0.6) is 0 Å². The van der Waals surface area contributed by atoms with E-state index in [9.17, 15) is 0 Å². The molecule has 0 radical (unpaired) electrons. The molecule has 5 rings (SSSR count). The molecule has 7 unspecified atom stereocenters. The zero-order chi connectivity index (χ0) is 20.2. The molecule has 0 aromatic heterocycles. The van der Waals surface area contributed by atoms with Crippen LogP contribution in [0.2, 0.25) is 0 Å². The van der Waals surface area contributed by atoms with Gasteiger partial charge in [-0.15, -0.1) is 0 Å². The fraction of sp³-hybridized carbons (Fsp3) is 0.704. The van der Waals surface area contributed by atoms with Crippen LogP contribution in [0.3, 0.4) is 0 Å². The van der Waals surface area contributed by atoms with Crippen LogP contribution in [-0.4, -0.2) is 18.2 Å². The van der Waals surface area contributed by atoms with Gasteiger partial charge in [-0.05, 0) is 93.8 Å². The SMILES string of the molecule is CC1CC=C(P(c2ccccc2N2CC(C)CC(C)C2)C23CCC2CC(C)C3)C1. The van der Waals surface area contributed by atoms with Gasteiger partial charge in [-0.1, -0.05) is 52.0 Å². The summed E-state index contributed by atoms with van der Waals surface area (Å²) >= 11 is 0. The normalized spacial score (nSPS) is 40.3. The average Bonchev–Trinajstić information content (AvgIpc) is 3.18. The van der Waals surface area contributed by atoms with Crippen LogP contribution in [0.1, 0.15) is 72.6 Å². The molecule has 3 fully saturated rings. The van der Waals surface area contributed by atoms with E-state index in [1.54, 1.807) is 11.0 Å². The van der Waals surface area contributed by atoms with Gasteiger partial charge in [0.05, 0.1) is 0 Å². The van der Waals surface area contributed by atoms with E-state index in [1.165, 1.54) is 58.0 Å². The number of hydrogen-bond acceptors (Lipinski definition) is 1. The first-order valence-corrected chi connectivity index (χ1v) is 13.6. The molecule has 2 heteroatoms. The highest BCUT2D eigenvalue weighted by Crippen LogP contribution is 2.74. The van der Waals surface area contributed by atoms with E-state index in [2.05, 4.69) is 62.9 Å². The summed E-state index contributed by atoms with van der Waals surface area (Å²) in [6, 6.07) is 9.65. The maximum atomic E-state index is 2.77. The Morgan fingerprint density at radius 1 is 0.931 bits per heavy atom. The lowest BCUT2D eigenvalue weighted by molar-refractivity contribution is 0.254.